The van der Waals surface area contributed by atoms with Crippen LogP contribution in [0.15, 0.2) is 36.4 Å². The second-order valence-electron chi connectivity index (χ2n) is 3.37. The number of hydrogen-bond donors (Lipinski definition) is 0. The first-order chi connectivity index (χ1) is 7.74. The van der Waals surface area contributed by atoms with Crippen molar-refractivity contribution in [3.05, 3.63) is 47.8 Å². The van der Waals surface area contributed by atoms with E-state index in [9.17, 15) is 9.18 Å². The minimum Gasteiger partial charge on any atom is -0.458 e. The molecule has 0 aromatic heterocycles. The summed E-state index contributed by atoms with van der Waals surface area (Å²) in [5.74, 6) is -0.791. The molecule has 16 heavy (non-hydrogen) atoms. The smallest absolute Gasteiger partial charge is 0.338 e. The van der Waals surface area contributed by atoms with Gasteiger partial charge in [0.15, 0.2) is 0 Å². The van der Waals surface area contributed by atoms with Crippen molar-refractivity contribution < 1.29 is 13.9 Å². The fourth-order valence-corrected chi connectivity index (χ4v) is 1.15. The molecule has 0 saturated carbocycles. The summed E-state index contributed by atoms with van der Waals surface area (Å²) < 4.78 is 17.5. The van der Waals surface area contributed by atoms with Gasteiger partial charge in [-0.3, -0.25) is 0 Å². The summed E-state index contributed by atoms with van der Waals surface area (Å²) in [7, 11) is 0. The van der Waals surface area contributed by atoms with Gasteiger partial charge in [-0.05, 0) is 30.7 Å². The number of allylic oxidation sites excluding steroid dienone is 1. The molecule has 0 bridgehead atoms. The minimum atomic E-state index is -0.429. The first-order valence-electron chi connectivity index (χ1n) is 5.31. The van der Waals surface area contributed by atoms with Crippen LogP contribution in [0.25, 0.3) is 0 Å². The van der Waals surface area contributed by atoms with Gasteiger partial charge in [0, 0.05) is 0 Å². The van der Waals surface area contributed by atoms with E-state index >= 15 is 0 Å². The average molecular weight is 222 g/mol. The normalized spacial score (nSPS) is 10.6. The third-order valence-electron chi connectivity index (χ3n) is 2.01. The highest BCUT2D eigenvalue weighted by atomic mass is 19.1. The molecule has 0 radical (unpaired) electrons. The summed E-state index contributed by atoms with van der Waals surface area (Å²) >= 11 is 0. The standard InChI is InChI=1S/C13H15FO2/c1-2-3-4-5-10-16-13(15)11-6-8-12(14)9-7-11/h4-9H,2-3,10H2,1H3. The van der Waals surface area contributed by atoms with Crippen LogP contribution < -0.4 is 0 Å². The summed E-state index contributed by atoms with van der Waals surface area (Å²) in [4.78, 5) is 11.4. The highest BCUT2D eigenvalue weighted by molar-refractivity contribution is 5.89. The van der Waals surface area contributed by atoms with Crippen molar-refractivity contribution in [3.63, 3.8) is 0 Å². The molecular weight excluding hydrogens is 207 g/mol. The number of benzene rings is 1. The van der Waals surface area contributed by atoms with Crippen molar-refractivity contribution >= 4 is 5.97 Å². The molecule has 1 aromatic carbocycles. The van der Waals surface area contributed by atoms with Crippen molar-refractivity contribution in [3.8, 4) is 0 Å². The summed E-state index contributed by atoms with van der Waals surface area (Å²) in [5.41, 5.74) is 0.366. The van der Waals surface area contributed by atoms with Crippen molar-refractivity contribution in [2.45, 2.75) is 19.8 Å². The molecule has 2 nitrogen and oxygen atoms in total. The Morgan fingerprint density at radius 2 is 2.00 bits per heavy atom. The Morgan fingerprint density at radius 3 is 2.62 bits per heavy atom. The highest BCUT2D eigenvalue weighted by Gasteiger charge is 2.05. The maximum atomic E-state index is 12.6. The van der Waals surface area contributed by atoms with E-state index in [-0.39, 0.29) is 12.4 Å². The second kappa shape index (κ2) is 6.77. The van der Waals surface area contributed by atoms with Gasteiger partial charge in [-0.2, -0.15) is 0 Å². The van der Waals surface area contributed by atoms with Gasteiger partial charge in [0.2, 0.25) is 0 Å². The van der Waals surface area contributed by atoms with E-state index in [1.807, 2.05) is 12.2 Å². The van der Waals surface area contributed by atoms with Crippen LogP contribution in [0, 0.1) is 5.82 Å². The predicted octanol–water partition coefficient (Wildman–Crippen LogP) is 3.34. The number of esters is 1. The Morgan fingerprint density at radius 1 is 1.31 bits per heavy atom. The van der Waals surface area contributed by atoms with Crippen molar-refractivity contribution in [1.82, 2.24) is 0 Å². The van der Waals surface area contributed by atoms with Crippen LogP contribution in [0.1, 0.15) is 30.1 Å². The molecule has 1 aromatic rings. The molecule has 0 aliphatic heterocycles. The summed E-state index contributed by atoms with van der Waals surface area (Å²) in [6.45, 7) is 2.34. The lowest BCUT2D eigenvalue weighted by molar-refractivity contribution is 0.0549. The molecule has 0 fully saturated rings. The first kappa shape index (κ1) is 12.4. The van der Waals surface area contributed by atoms with Crippen molar-refractivity contribution in [1.29, 1.82) is 0 Å². The molecule has 0 unspecified atom stereocenters. The molecule has 0 N–H and O–H groups in total. The molecule has 0 spiro atoms. The van der Waals surface area contributed by atoms with Gasteiger partial charge >= 0.3 is 5.97 Å². The molecule has 3 heteroatoms. The largest absolute Gasteiger partial charge is 0.458 e. The maximum Gasteiger partial charge on any atom is 0.338 e. The lowest BCUT2D eigenvalue weighted by Crippen LogP contribution is -2.04. The van der Waals surface area contributed by atoms with Crippen LogP contribution in [0.5, 0.6) is 0 Å². The number of halogens is 1. The van der Waals surface area contributed by atoms with E-state index in [0.29, 0.717) is 5.56 Å². The number of unbranched alkanes of at least 4 members (excludes halogenated alkanes) is 1. The number of hydrogen-bond acceptors (Lipinski definition) is 2. The van der Waals surface area contributed by atoms with E-state index in [4.69, 9.17) is 4.74 Å². The Hall–Kier alpha value is -1.64. The summed E-state index contributed by atoms with van der Waals surface area (Å²) in [6, 6.07) is 5.30. The zero-order chi connectivity index (χ0) is 11.8. The Bertz CT molecular complexity index is 355. The van der Waals surface area contributed by atoms with Gasteiger partial charge in [-0.1, -0.05) is 25.5 Å². The molecule has 0 saturated heterocycles. The lowest BCUT2D eigenvalue weighted by atomic mass is 10.2. The van der Waals surface area contributed by atoms with Crippen LogP contribution in [0.4, 0.5) is 4.39 Å². The fourth-order valence-electron chi connectivity index (χ4n) is 1.15. The van der Waals surface area contributed by atoms with E-state index in [2.05, 4.69) is 6.92 Å². The number of ether oxygens (including phenoxy) is 1. The zero-order valence-electron chi connectivity index (χ0n) is 9.28. The summed E-state index contributed by atoms with van der Waals surface area (Å²) in [5, 5.41) is 0. The molecule has 0 heterocycles. The van der Waals surface area contributed by atoms with Crippen molar-refractivity contribution in [2.24, 2.45) is 0 Å². The molecule has 0 aliphatic rings. The molecule has 1 rings (SSSR count). The van der Waals surface area contributed by atoms with Crippen LogP contribution >= 0.6 is 0 Å². The summed E-state index contributed by atoms with van der Waals surface area (Å²) in [6.07, 6.45) is 5.83. The number of rotatable bonds is 5. The van der Waals surface area contributed by atoms with E-state index in [0.717, 1.165) is 12.8 Å². The zero-order valence-corrected chi connectivity index (χ0v) is 9.28. The van der Waals surface area contributed by atoms with Gasteiger partial charge in [-0.15, -0.1) is 0 Å². The van der Waals surface area contributed by atoms with Gasteiger partial charge in [0.05, 0.1) is 5.56 Å². The van der Waals surface area contributed by atoms with E-state index < -0.39 is 5.97 Å². The second-order valence-corrected chi connectivity index (χ2v) is 3.37. The molecule has 0 atom stereocenters. The minimum absolute atomic E-state index is 0.260. The van der Waals surface area contributed by atoms with Gasteiger partial charge < -0.3 is 4.74 Å². The Balaban J connectivity index is 2.38. The highest BCUT2D eigenvalue weighted by Crippen LogP contribution is 2.04. The molecule has 0 aliphatic carbocycles. The monoisotopic (exact) mass is 222 g/mol. The third-order valence-corrected chi connectivity index (χ3v) is 2.01. The van der Waals surface area contributed by atoms with Crippen LogP contribution in [-0.2, 0) is 4.74 Å². The lowest BCUT2D eigenvalue weighted by Gasteiger charge is -2.01. The van der Waals surface area contributed by atoms with Gasteiger partial charge in [-0.25, -0.2) is 9.18 Å². The molecule has 86 valence electrons. The van der Waals surface area contributed by atoms with E-state index in [1.165, 1.54) is 24.3 Å². The fraction of sp³-hybridized carbons (Fsp3) is 0.308. The van der Waals surface area contributed by atoms with Gasteiger partial charge in [0.1, 0.15) is 12.4 Å². The van der Waals surface area contributed by atoms with Crippen LogP contribution in [-0.4, -0.2) is 12.6 Å². The van der Waals surface area contributed by atoms with E-state index in [1.54, 1.807) is 0 Å². The Kier molecular flexibility index (Phi) is 5.26. The van der Waals surface area contributed by atoms with Crippen LogP contribution in [0.2, 0.25) is 0 Å². The third kappa shape index (κ3) is 4.26. The number of carbonyl (C=O) groups excluding carboxylic acids is 1. The predicted molar refractivity (Wildman–Crippen MR) is 60.7 cm³/mol. The van der Waals surface area contributed by atoms with Crippen LogP contribution in [0.3, 0.4) is 0 Å². The SMILES string of the molecule is CCCC=CCOC(=O)c1ccc(F)cc1. The quantitative estimate of drug-likeness (QED) is 0.564. The molecule has 0 amide bonds. The first-order valence-corrected chi connectivity index (χ1v) is 5.31. The molecular formula is C13H15FO2. The average Bonchev–Trinajstić information content (AvgIpc) is 2.29. The topological polar surface area (TPSA) is 26.3 Å². The van der Waals surface area contributed by atoms with Crippen molar-refractivity contribution in [2.75, 3.05) is 6.61 Å². The Labute approximate surface area is 94.7 Å². The maximum absolute atomic E-state index is 12.6. The number of carbonyl (C=O) groups is 1. The van der Waals surface area contributed by atoms with Gasteiger partial charge in [0.25, 0.3) is 0 Å².